The summed E-state index contributed by atoms with van der Waals surface area (Å²) in [6.45, 7) is 8.51. The average Bonchev–Trinajstić information content (AvgIpc) is 2.18. The summed E-state index contributed by atoms with van der Waals surface area (Å²) in [5, 5.41) is 0.920. The summed E-state index contributed by atoms with van der Waals surface area (Å²) in [6.07, 6.45) is 4.81. The average molecular weight is 227 g/mol. The fraction of sp³-hybridized carbons (Fsp3) is 0.571. The second-order valence-electron chi connectivity index (χ2n) is 3.91. The lowest BCUT2D eigenvalue weighted by Crippen LogP contribution is -1.86. The maximum absolute atomic E-state index is 6.07. The molecular weight excluding hydrogens is 204 g/mol. The highest BCUT2D eigenvalue weighted by molar-refractivity contribution is 6.31. The molecule has 1 rings (SSSR count). The van der Waals surface area contributed by atoms with Gasteiger partial charge in [-0.15, -0.1) is 0 Å². The van der Waals surface area contributed by atoms with Gasteiger partial charge < -0.3 is 0 Å². The van der Waals surface area contributed by atoms with Crippen LogP contribution in [0.5, 0.6) is 0 Å². The van der Waals surface area contributed by atoms with Gasteiger partial charge in [0.15, 0.2) is 0 Å². The molecule has 0 bridgehead atoms. The van der Waals surface area contributed by atoms with Crippen molar-refractivity contribution in [1.29, 1.82) is 0 Å². The maximum Gasteiger partial charge on any atom is 0.0440 e. The fourth-order valence-corrected chi connectivity index (χ4v) is 1.55. The first-order valence-electron chi connectivity index (χ1n) is 5.90. The van der Waals surface area contributed by atoms with Gasteiger partial charge in [0.2, 0.25) is 0 Å². The van der Waals surface area contributed by atoms with Gasteiger partial charge >= 0.3 is 0 Å². The molecule has 0 nitrogen and oxygen atoms in total. The smallest absolute Gasteiger partial charge is 0.0440 e. The molecule has 0 spiro atoms. The molecule has 0 saturated carbocycles. The largest absolute Gasteiger partial charge is 0.0840 e. The van der Waals surface area contributed by atoms with Gasteiger partial charge in [-0.2, -0.15) is 0 Å². The molecule has 0 saturated heterocycles. The highest BCUT2D eigenvalue weighted by Crippen LogP contribution is 2.19. The summed E-state index contributed by atoms with van der Waals surface area (Å²) in [7, 11) is 0. The van der Waals surface area contributed by atoms with Crippen LogP contribution >= 0.6 is 11.6 Å². The second kappa shape index (κ2) is 8.79. The molecule has 0 aliphatic heterocycles. The van der Waals surface area contributed by atoms with E-state index in [4.69, 9.17) is 11.6 Å². The molecule has 0 N–H and O–H groups in total. The summed E-state index contributed by atoms with van der Waals surface area (Å²) < 4.78 is 0. The molecule has 1 aromatic rings. The fourth-order valence-electron chi connectivity index (χ4n) is 1.22. The predicted molar refractivity (Wildman–Crippen MR) is 70.8 cm³/mol. The van der Waals surface area contributed by atoms with E-state index in [0.717, 1.165) is 11.4 Å². The van der Waals surface area contributed by atoms with E-state index in [1.165, 1.54) is 30.4 Å². The highest BCUT2D eigenvalue weighted by Gasteiger charge is 1.98. The molecule has 0 atom stereocenters. The van der Waals surface area contributed by atoms with Crippen molar-refractivity contribution < 1.29 is 0 Å². The lowest BCUT2D eigenvalue weighted by atomic mass is 10.1. The molecule has 0 aliphatic carbocycles. The van der Waals surface area contributed by atoms with Gasteiger partial charge in [-0.3, -0.25) is 0 Å². The predicted octanol–water partition coefficient (Wildman–Crippen LogP) is 5.41. The Balaban J connectivity index is 0.000000583. The Kier molecular flexibility index (Phi) is 8.50. The van der Waals surface area contributed by atoms with E-state index in [2.05, 4.69) is 39.8 Å². The van der Waals surface area contributed by atoms with E-state index in [0.29, 0.717) is 0 Å². The van der Waals surface area contributed by atoms with E-state index in [9.17, 15) is 0 Å². The van der Waals surface area contributed by atoms with Crippen molar-refractivity contribution in [3.05, 3.63) is 34.3 Å². The van der Waals surface area contributed by atoms with Crippen molar-refractivity contribution in [1.82, 2.24) is 0 Å². The van der Waals surface area contributed by atoms with Crippen LogP contribution in [0.25, 0.3) is 0 Å². The van der Waals surface area contributed by atoms with Gasteiger partial charge in [0.05, 0.1) is 0 Å². The maximum atomic E-state index is 6.07. The van der Waals surface area contributed by atoms with Crippen LogP contribution in [0.15, 0.2) is 18.2 Å². The van der Waals surface area contributed by atoms with E-state index < -0.39 is 0 Å². The minimum absolute atomic E-state index is 0.920. The Labute approximate surface area is 99.7 Å². The van der Waals surface area contributed by atoms with Gasteiger partial charge in [-0.05, 0) is 37.0 Å². The number of halogens is 1. The van der Waals surface area contributed by atoms with E-state index in [-0.39, 0.29) is 0 Å². The lowest BCUT2D eigenvalue weighted by molar-refractivity contribution is 0.795. The second-order valence-corrected chi connectivity index (χ2v) is 4.31. The van der Waals surface area contributed by atoms with E-state index in [1.54, 1.807) is 0 Å². The summed E-state index contributed by atoms with van der Waals surface area (Å²) in [4.78, 5) is 0. The Hall–Kier alpha value is -0.490. The van der Waals surface area contributed by atoms with Gasteiger partial charge in [-0.25, -0.2) is 0 Å². The van der Waals surface area contributed by atoms with Crippen molar-refractivity contribution in [3.8, 4) is 0 Å². The first-order chi connectivity index (χ1) is 7.15. The number of benzene rings is 1. The number of hydrogen-bond donors (Lipinski definition) is 0. The van der Waals surface area contributed by atoms with Crippen molar-refractivity contribution >= 4 is 11.6 Å². The minimum atomic E-state index is 0.920. The van der Waals surface area contributed by atoms with Crippen molar-refractivity contribution in [2.75, 3.05) is 0 Å². The molecule has 15 heavy (non-hydrogen) atoms. The molecule has 1 aromatic carbocycles. The number of rotatable bonds is 3. The molecule has 0 unspecified atom stereocenters. The zero-order valence-electron chi connectivity index (χ0n) is 10.4. The molecule has 0 aliphatic rings. The zero-order chi connectivity index (χ0) is 11.7. The molecule has 0 amide bonds. The third-order valence-corrected chi connectivity index (χ3v) is 2.36. The van der Waals surface area contributed by atoms with E-state index >= 15 is 0 Å². The van der Waals surface area contributed by atoms with Crippen LogP contribution in [0, 0.1) is 6.92 Å². The quantitative estimate of drug-likeness (QED) is 0.647. The molecule has 0 fully saturated rings. The highest BCUT2D eigenvalue weighted by atomic mass is 35.5. The van der Waals surface area contributed by atoms with Gasteiger partial charge in [-0.1, -0.05) is 57.3 Å². The molecule has 0 heterocycles. The van der Waals surface area contributed by atoms with Gasteiger partial charge in [0, 0.05) is 5.02 Å². The van der Waals surface area contributed by atoms with Crippen LogP contribution in [0.3, 0.4) is 0 Å². The summed E-state index contributed by atoms with van der Waals surface area (Å²) in [5.41, 5.74) is 2.52. The molecule has 0 aromatic heterocycles. The SMILES string of the molecule is CCC.CCCCc1ccc(C)cc1Cl. The van der Waals surface area contributed by atoms with Gasteiger partial charge in [0.1, 0.15) is 0 Å². The standard InChI is InChI=1S/C11H15Cl.C3H8/c1-3-4-5-10-7-6-9(2)8-11(10)12;1-3-2/h6-8H,3-5H2,1-2H3;3H2,1-2H3. The Morgan fingerprint density at radius 1 is 1.13 bits per heavy atom. The Morgan fingerprint density at radius 3 is 2.20 bits per heavy atom. The van der Waals surface area contributed by atoms with Crippen LogP contribution in [-0.2, 0) is 6.42 Å². The van der Waals surface area contributed by atoms with Crippen LogP contribution in [0.4, 0.5) is 0 Å². The molecule has 1 heteroatoms. The summed E-state index contributed by atoms with van der Waals surface area (Å²) in [5.74, 6) is 0. The van der Waals surface area contributed by atoms with Crippen LogP contribution in [0.2, 0.25) is 5.02 Å². The normalized spacial score (nSPS) is 9.40. The first-order valence-corrected chi connectivity index (χ1v) is 6.28. The number of aryl methyl sites for hydroxylation is 2. The summed E-state index contributed by atoms with van der Waals surface area (Å²) >= 11 is 6.07. The number of unbranched alkanes of at least 4 members (excludes halogenated alkanes) is 1. The van der Waals surface area contributed by atoms with Crippen LogP contribution in [0.1, 0.15) is 51.2 Å². The van der Waals surface area contributed by atoms with Crippen LogP contribution in [-0.4, -0.2) is 0 Å². The number of hydrogen-bond acceptors (Lipinski definition) is 0. The molecular formula is C14H23Cl. The first kappa shape index (κ1) is 14.5. The minimum Gasteiger partial charge on any atom is -0.0840 e. The summed E-state index contributed by atoms with van der Waals surface area (Å²) in [6, 6.07) is 6.29. The van der Waals surface area contributed by atoms with Crippen molar-refractivity contribution in [2.24, 2.45) is 0 Å². The van der Waals surface area contributed by atoms with E-state index in [1.807, 2.05) is 6.07 Å². The lowest BCUT2D eigenvalue weighted by Gasteiger charge is -2.03. The Morgan fingerprint density at radius 2 is 1.73 bits per heavy atom. The monoisotopic (exact) mass is 226 g/mol. The van der Waals surface area contributed by atoms with Gasteiger partial charge in [0.25, 0.3) is 0 Å². The zero-order valence-corrected chi connectivity index (χ0v) is 11.2. The molecule has 86 valence electrons. The third-order valence-electron chi connectivity index (χ3n) is 2.01. The van der Waals surface area contributed by atoms with Crippen molar-refractivity contribution in [3.63, 3.8) is 0 Å². The molecule has 0 radical (unpaired) electrons. The Bertz CT molecular complexity index is 266. The van der Waals surface area contributed by atoms with Crippen LogP contribution < -0.4 is 0 Å². The van der Waals surface area contributed by atoms with Crippen molar-refractivity contribution in [2.45, 2.75) is 53.4 Å². The topological polar surface area (TPSA) is 0 Å². The third kappa shape index (κ3) is 6.57.